The fraction of sp³-hybridized carbons (Fsp3) is 0.431. The molecule has 1 fully saturated rings. The molecule has 5 heterocycles. The number of furan rings is 1. The Kier molecular flexibility index (Phi) is 12.2. The molecule has 1 amide bonds. The van der Waals surface area contributed by atoms with Crippen LogP contribution in [0.3, 0.4) is 0 Å². The standard InChI is InChI=1S/C51H58N2O9/c1-6-33-27-52-17-15-34-21-45(56-2)47(58-4)25-39(34)42(52)19-36(33)20-43-40-26-48(59-5)46(57-3)22-35(40)16-18-53(43)51(55)49-23-37(41-30-60-44-10-8-7-9-38(41)44)24-50(62-49)61-29-32-13-11-31(28-54)12-14-32/h7-14,21-23,25-26,30,33,36-37,42-43,50,54H,6,15-20,24,27-29H2,1-5H3/t33-,36+,37+,42-,43+,50-/m0/s1. The number of hydrogen-bond donors (Lipinski definition) is 1. The second-order valence-electron chi connectivity index (χ2n) is 17.1. The van der Waals surface area contributed by atoms with Crippen LogP contribution >= 0.6 is 0 Å². The number of nitrogens with zero attached hydrogens (tertiary/aromatic N) is 2. The lowest BCUT2D eigenvalue weighted by atomic mass is 9.72. The Morgan fingerprint density at radius 1 is 0.774 bits per heavy atom. The fourth-order valence-corrected chi connectivity index (χ4v) is 10.6. The molecule has 0 unspecified atom stereocenters. The average Bonchev–Trinajstić information content (AvgIpc) is 3.76. The Morgan fingerprint density at radius 3 is 2.15 bits per heavy atom. The highest BCUT2D eigenvalue weighted by atomic mass is 16.7. The van der Waals surface area contributed by atoms with Crippen LogP contribution in [-0.2, 0) is 40.3 Å². The van der Waals surface area contributed by atoms with Gasteiger partial charge in [-0.2, -0.15) is 0 Å². The predicted molar refractivity (Wildman–Crippen MR) is 235 cm³/mol. The van der Waals surface area contributed by atoms with Gasteiger partial charge in [0.15, 0.2) is 28.8 Å². The van der Waals surface area contributed by atoms with E-state index in [-0.39, 0.29) is 42.9 Å². The van der Waals surface area contributed by atoms with Crippen molar-refractivity contribution in [2.75, 3.05) is 48.1 Å². The smallest absolute Gasteiger partial charge is 0.289 e. The number of ether oxygens (including phenoxy) is 6. The molecule has 326 valence electrons. The van der Waals surface area contributed by atoms with Crippen molar-refractivity contribution in [3.05, 3.63) is 130 Å². The Morgan fingerprint density at radius 2 is 1.44 bits per heavy atom. The molecule has 0 saturated carbocycles. The molecule has 0 aliphatic carbocycles. The molecule has 4 aliphatic rings. The van der Waals surface area contributed by atoms with Crippen molar-refractivity contribution >= 4 is 16.9 Å². The number of aliphatic hydroxyl groups excluding tert-OH is 1. The molecule has 0 radical (unpaired) electrons. The van der Waals surface area contributed by atoms with Gasteiger partial charge in [0.25, 0.3) is 5.91 Å². The first-order valence-corrected chi connectivity index (χ1v) is 22.0. The number of allylic oxidation sites excluding steroid dienone is 1. The summed E-state index contributed by atoms with van der Waals surface area (Å²) in [6, 6.07) is 24.2. The summed E-state index contributed by atoms with van der Waals surface area (Å²) in [5, 5.41) is 10.6. The lowest BCUT2D eigenvalue weighted by molar-refractivity contribution is -0.158. The van der Waals surface area contributed by atoms with E-state index in [9.17, 15) is 5.11 Å². The molecule has 5 aromatic rings. The SMILES string of the molecule is CC[C@H]1CN2CCc3cc(OC)c(OC)cc3[C@@H]2C[C@@H]1C[C@@H]1c2cc(OC)c(OC)cc2CCN1C(=O)C1=C[C@@H](c2coc3ccccc23)C[C@@H](OCc2ccc(CO)cc2)O1. The minimum absolute atomic E-state index is 0.0243. The van der Waals surface area contributed by atoms with Crippen molar-refractivity contribution in [2.24, 2.45) is 11.8 Å². The Bertz CT molecular complexity index is 2420. The number of methoxy groups -OCH3 is 4. The zero-order valence-corrected chi connectivity index (χ0v) is 36.4. The van der Waals surface area contributed by atoms with Gasteiger partial charge >= 0.3 is 0 Å². The number of para-hydroxylation sites is 1. The highest BCUT2D eigenvalue weighted by Gasteiger charge is 2.43. The van der Waals surface area contributed by atoms with Gasteiger partial charge in [0, 0.05) is 49.0 Å². The summed E-state index contributed by atoms with van der Waals surface area (Å²) >= 11 is 0. The maximum absolute atomic E-state index is 15.4. The third kappa shape index (κ3) is 8.02. The number of carbonyl (C=O) groups excluding carboxylic acids is 1. The van der Waals surface area contributed by atoms with Gasteiger partial charge in [-0.3, -0.25) is 9.69 Å². The molecule has 6 atom stereocenters. The molecule has 4 aliphatic heterocycles. The van der Waals surface area contributed by atoms with Crippen molar-refractivity contribution in [3.63, 3.8) is 0 Å². The van der Waals surface area contributed by atoms with Crippen LogP contribution in [0.1, 0.15) is 89.6 Å². The Balaban J connectivity index is 1.06. The first-order chi connectivity index (χ1) is 30.3. The minimum Gasteiger partial charge on any atom is -0.493 e. The Hall–Kier alpha value is -5.49. The highest BCUT2D eigenvalue weighted by Crippen LogP contribution is 2.50. The summed E-state index contributed by atoms with van der Waals surface area (Å²) in [6.07, 6.45) is 8.03. The van der Waals surface area contributed by atoms with E-state index < -0.39 is 6.29 Å². The number of hydrogen-bond acceptors (Lipinski definition) is 10. The van der Waals surface area contributed by atoms with Gasteiger partial charge in [-0.05, 0) is 107 Å². The molecule has 0 bridgehead atoms. The predicted octanol–water partition coefficient (Wildman–Crippen LogP) is 9.05. The zero-order chi connectivity index (χ0) is 42.9. The number of piperidine rings is 1. The average molecular weight is 843 g/mol. The first-order valence-electron chi connectivity index (χ1n) is 22.0. The van der Waals surface area contributed by atoms with Crippen molar-refractivity contribution in [1.82, 2.24) is 9.80 Å². The monoisotopic (exact) mass is 842 g/mol. The molecular formula is C51H58N2O9. The molecule has 1 saturated heterocycles. The van der Waals surface area contributed by atoms with Gasteiger partial charge in [0.2, 0.25) is 6.29 Å². The number of amides is 1. The van der Waals surface area contributed by atoms with Crippen LogP contribution in [0.4, 0.5) is 0 Å². The van der Waals surface area contributed by atoms with E-state index in [1.54, 1.807) is 34.7 Å². The van der Waals surface area contributed by atoms with Crippen LogP contribution in [0.25, 0.3) is 11.0 Å². The molecule has 4 aromatic carbocycles. The van der Waals surface area contributed by atoms with Gasteiger partial charge < -0.3 is 42.8 Å². The summed E-state index contributed by atoms with van der Waals surface area (Å²) in [7, 11) is 6.73. The van der Waals surface area contributed by atoms with Gasteiger partial charge in [0.1, 0.15) is 5.58 Å². The van der Waals surface area contributed by atoms with Crippen molar-refractivity contribution in [1.29, 1.82) is 0 Å². The third-order valence-electron chi connectivity index (χ3n) is 13.9. The molecule has 0 spiro atoms. The number of aliphatic hydroxyl groups is 1. The van der Waals surface area contributed by atoms with Crippen LogP contribution in [0.2, 0.25) is 0 Å². The number of carbonyl (C=O) groups is 1. The quantitative estimate of drug-likeness (QED) is 0.123. The van der Waals surface area contributed by atoms with Crippen LogP contribution < -0.4 is 18.9 Å². The topological polar surface area (TPSA) is 112 Å². The van der Waals surface area contributed by atoms with Crippen LogP contribution in [0.15, 0.2) is 95.3 Å². The molecule has 9 rings (SSSR count). The lowest BCUT2D eigenvalue weighted by Gasteiger charge is -2.49. The first kappa shape index (κ1) is 41.8. The highest BCUT2D eigenvalue weighted by molar-refractivity contribution is 5.93. The second-order valence-corrected chi connectivity index (χ2v) is 17.1. The molecule has 1 N–H and O–H groups in total. The summed E-state index contributed by atoms with van der Waals surface area (Å²) < 4.78 is 42.3. The molecule has 1 aromatic heterocycles. The van der Waals surface area contributed by atoms with Crippen molar-refractivity contribution in [2.45, 2.75) is 83.0 Å². The van der Waals surface area contributed by atoms with E-state index in [1.165, 1.54) is 11.1 Å². The zero-order valence-electron chi connectivity index (χ0n) is 36.4. The van der Waals surface area contributed by atoms with Gasteiger partial charge in [-0.15, -0.1) is 0 Å². The maximum Gasteiger partial charge on any atom is 0.289 e. The minimum atomic E-state index is -0.689. The number of rotatable bonds is 13. The normalized spacial score (nSPS) is 23.4. The van der Waals surface area contributed by atoms with Crippen LogP contribution in [0, 0.1) is 11.8 Å². The summed E-state index contributed by atoms with van der Waals surface area (Å²) in [6.45, 7) is 5.08. The summed E-state index contributed by atoms with van der Waals surface area (Å²) in [5.41, 5.74) is 8.44. The van der Waals surface area contributed by atoms with E-state index in [4.69, 9.17) is 32.8 Å². The third-order valence-corrected chi connectivity index (χ3v) is 13.9. The van der Waals surface area contributed by atoms with E-state index in [0.717, 1.165) is 89.1 Å². The number of benzene rings is 4. The van der Waals surface area contributed by atoms with E-state index in [1.807, 2.05) is 53.4 Å². The van der Waals surface area contributed by atoms with Crippen molar-refractivity contribution in [3.8, 4) is 23.0 Å². The van der Waals surface area contributed by atoms with Crippen LogP contribution in [0.5, 0.6) is 23.0 Å². The Labute approximate surface area is 364 Å². The van der Waals surface area contributed by atoms with E-state index >= 15 is 4.79 Å². The number of fused-ring (bicyclic) bond motifs is 5. The van der Waals surface area contributed by atoms with Gasteiger partial charge in [-0.1, -0.05) is 55.8 Å². The van der Waals surface area contributed by atoms with Crippen molar-refractivity contribution < 1.29 is 42.7 Å². The molecule has 11 nitrogen and oxygen atoms in total. The van der Waals surface area contributed by atoms with Gasteiger partial charge in [0.05, 0.1) is 54.0 Å². The van der Waals surface area contributed by atoms with E-state index in [0.29, 0.717) is 42.7 Å². The van der Waals surface area contributed by atoms with Crippen LogP contribution in [-0.4, -0.2) is 75.2 Å². The summed E-state index contributed by atoms with van der Waals surface area (Å²) in [5.74, 6) is 3.56. The lowest BCUT2D eigenvalue weighted by Crippen LogP contribution is -2.48. The maximum atomic E-state index is 15.4. The fourth-order valence-electron chi connectivity index (χ4n) is 10.6. The molecular weight excluding hydrogens is 785 g/mol. The second kappa shape index (κ2) is 18.1. The molecule has 11 heteroatoms. The molecule has 62 heavy (non-hydrogen) atoms. The summed E-state index contributed by atoms with van der Waals surface area (Å²) in [4.78, 5) is 20.1. The van der Waals surface area contributed by atoms with E-state index in [2.05, 4.69) is 42.2 Å². The largest absolute Gasteiger partial charge is 0.493 e. The van der Waals surface area contributed by atoms with Gasteiger partial charge in [-0.25, -0.2) is 0 Å².